The second-order valence-corrected chi connectivity index (χ2v) is 29.3. The van der Waals surface area contributed by atoms with Gasteiger partial charge in [0.2, 0.25) is 40.5 Å². The zero-order valence-electron chi connectivity index (χ0n) is 66.3. The van der Waals surface area contributed by atoms with Crippen molar-refractivity contribution >= 4 is 116 Å². The Bertz CT molecular complexity index is 6230. The molecule has 0 saturated carbocycles. The van der Waals surface area contributed by atoms with Gasteiger partial charge >= 0.3 is 0 Å². The molecule has 0 radical (unpaired) electrons. The molecule has 0 spiro atoms. The van der Waals surface area contributed by atoms with E-state index in [2.05, 4.69) is 206 Å². The van der Waals surface area contributed by atoms with E-state index in [1.807, 2.05) is 183 Å². The van der Waals surface area contributed by atoms with Crippen LogP contribution >= 0.6 is 0 Å². The van der Waals surface area contributed by atoms with E-state index < -0.39 is 0 Å². The molecule has 5 aliphatic heterocycles. The number of pyridine rings is 2. The lowest BCUT2D eigenvalue weighted by Gasteiger charge is -2.28. The van der Waals surface area contributed by atoms with Crippen molar-refractivity contribution < 1.29 is 17.7 Å². The molecule has 8 aromatic carbocycles. The molecule has 5 aliphatic rings. The van der Waals surface area contributed by atoms with Gasteiger partial charge in [0, 0.05) is 139 Å². The number of benzene rings is 8. The van der Waals surface area contributed by atoms with E-state index in [1.165, 1.54) is 11.1 Å². The standard InChI is InChI=1S/2C19H17N3O.C19H19N3.2C18H16N4O/c1-12-9-15-14-7-5-6-8-17(14)23-18(15)10-16(12)22-13(2)21(4)11-19(22)20-3;1-12-9-10-15-14-7-5-6-8-16(14)23-19(15)18(12)22-13(2)21(4)11-17(22)20-3;1-14-9-8-12-17(16-10-6-5-7-11-16)19(14)22-15(2)21(4)13-18(22)20-3;1-11-7-8-13-14-6-5-9-20-18(14)23-17(13)16(11)22-12(2)21(4)10-15(22)19-3;1-11-8-14-13-6-5-7-20-18(13)23-16(14)9-15(11)22-12(2)21(4)10-17(22)19-3/h2*5-11,13H,1-2,4H3;5-13,15H,1-2,4H3;2*5-10,12H,1-2,4H3/t2*13-;15-;2*12-/m00000/s1. The van der Waals surface area contributed by atoms with Crippen LogP contribution in [-0.4, -0.2) is 101 Å². The molecule has 0 saturated heterocycles. The van der Waals surface area contributed by atoms with E-state index in [4.69, 9.17) is 50.5 Å². The van der Waals surface area contributed by atoms with Crippen LogP contribution in [0.15, 0.2) is 260 Å². The second kappa shape index (κ2) is 30.3. The molecular formula is C93H85N17O4. The molecule has 21 nitrogen and oxygen atoms in total. The van der Waals surface area contributed by atoms with Gasteiger partial charge in [0.05, 0.1) is 0 Å². The highest BCUT2D eigenvalue weighted by molar-refractivity contribution is 6.11. The molecule has 0 amide bonds. The molecule has 19 rings (SSSR count). The third-order valence-electron chi connectivity index (χ3n) is 22.4. The number of furan rings is 4. The summed E-state index contributed by atoms with van der Waals surface area (Å²) >= 11 is 0. The first-order valence-corrected chi connectivity index (χ1v) is 37.6. The van der Waals surface area contributed by atoms with Gasteiger partial charge < -0.3 is 66.4 Å². The lowest BCUT2D eigenvalue weighted by molar-refractivity contribution is 0.382. The lowest BCUT2D eigenvalue weighted by atomic mass is 9.99. The average molecular weight is 1500 g/mol. The van der Waals surface area contributed by atoms with Crippen LogP contribution in [-0.2, 0) is 0 Å². The molecule has 0 aliphatic carbocycles. The Morgan fingerprint density at radius 2 is 0.658 bits per heavy atom. The fourth-order valence-corrected chi connectivity index (χ4v) is 15.8. The smallest absolute Gasteiger partial charge is 0.248 e. The first-order valence-electron chi connectivity index (χ1n) is 37.6. The number of aryl methyl sites for hydroxylation is 5. The van der Waals surface area contributed by atoms with Crippen LogP contribution in [0.2, 0.25) is 0 Å². The topological polar surface area (TPSA) is 133 Å². The first-order chi connectivity index (χ1) is 55.1. The fourth-order valence-electron chi connectivity index (χ4n) is 15.8. The number of aromatic nitrogens is 2. The van der Waals surface area contributed by atoms with Crippen molar-refractivity contribution in [3.63, 3.8) is 0 Å². The number of rotatable bonds is 6. The van der Waals surface area contributed by atoms with Crippen molar-refractivity contribution in [3.05, 3.63) is 327 Å². The number of para-hydroxylation sites is 3. The summed E-state index contributed by atoms with van der Waals surface area (Å²) in [7, 11) is 9.95. The zero-order valence-corrected chi connectivity index (χ0v) is 66.3. The molecular weight excluding hydrogens is 1420 g/mol. The van der Waals surface area contributed by atoms with Crippen LogP contribution in [0.5, 0.6) is 0 Å². The lowest BCUT2D eigenvalue weighted by Crippen LogP contribution is -2.35. The van der Waals surface area contributed by atoms with Crippen molar-refractivity contribution in [2.24, 2.45) is 0 Å². The van der Waals surface area contributed by atoms with Crippen LogP contribution < -0.4 is 24.5 Å². The van der Waals surface area contributed by atoms with Gasteiger partial charge in [0.25, 0.3) is 0 Å². The van der Waals surface area contributed by atoms with Crippen LogP contribution in [0.4, 0.5) is 28.4 Å². The monoisotopic (exact) mass is 1500 g/mol. The van der Waals surface area contributed by atoms with Crippen molar-refractivity contribution in [1.29, 1.82) is 0 Å². The van der Waals surface area contributed by atoms with E-state index in [0.717, 1.165) is 133 Å². The minimum atomic E-state index is 0.0598. The minimum Gasteiger partial charge on any atom is -0.456 e. The number of anilines is 5. The van der Waals surface area contributed by atoms with Gasteiger partial charge in [-0.15, -0.1) is 0 Å². The Morgan fingerprint density at radius 1 is 0.298 bits per heavy atom. The maximum Gasteiger partial charge on any atom is 0.248 e. The van der Waals surface area contributed by atoms with Crippen LogP contribution in [0.3, 0.4) is 0 Å². The summed E-state index contributed by atoms with van der Waals surface area (Å²) < 4.78 is 24.1. The van der Waals surface area contributed by atoms with E-state index in [9.17, 15) is 0 Å². The summed E-state index contributed by atoms with van der Waals surface area (Å²) in [5.41, 5.74) is 19.4. The summed E-state index contributed by atoms with van der Waals surface area (Å²) in [4.78, 5) is 47.6. The molecule has 5 atom stereocenters. The predicted octanol–water partition coefficient (Wildman–Crippen LogP) is 22.1. The van der Waals surface area contributed by atoms with Gasteiger partial charge in [-0.1, -0.05) is 130 Å². The highest BCUT2D eigenvalue weighted by Crippen LogP contribution is 2.46. The van der Waals surface area contributed by atoms with Gasteiger partial charge in [0.1, 0.15) is 39.4 Å². The largest absolute Gasteiger partial charge is 0.456 e. The molecule has 21 heteroatoms. The Hall–Kier alpha value is -14.6. The summed E-state index contributed by atoms with van der Waals surface area (Å²) in [5.74, 6) is 3.15. The maximum absolute atomic E-state index is 7.50. The summed E-state index contributed by atoms with van der Waals surface area (Å²) in [6.07, 6.45) is 13.4. The van der Waals surface area contributed by atoms with E-state index in [-0.39, 0.29) is 30.8 Å². The van der Waals surface area contributed by atoms with E-state index in [0.29, 0.717) is 40.5 Å². The summed E-state index contributed by atoms with van der Waals surface area (Å²) in [6, 6.07) is 57.3. The molecule has 0 bridgehead atoms. The van der Waals surface area contributed by atoms with Crippen molar-refractivity contribution in [3.8, 4) is 11.1 Å². The van der Waals surface area contributed by atoms with Gasteiger partial charge in [-0.05, 0) is 163 Å². The minimum absolute atomic E-state index is 0.0598. The van der Waals surface area contributed by atoms with Gasteiger partial charge in [-0.2, -0.15) is 0 Å². The zero-order chi connectivity index (χ0) is 80.2. The van der Waals surface area contributed by atoms with Crippen LogP contribution in [0, 0.1) is 67.5 Å². The number of hydrogen-bond acceptors (Lipinski definition) is 16. The third kappa shape index (κ3) is 13.0. The van der Waals surface area contributed by atoms with Crippen LogP contribution in [0.1, 0.15) is 62.4 Å². The average Bonchev–Trinajstić information content (AvgIpc) is 1.58. The Morgan fingerprint density at radius 3 is 1.14 bits per heavy atom. The number of fused-ring (bicyclic) bond motifs is 12. The molecule has 566 valence electrons. The van der Waals surface area contributed by atoms with Crippen molar-refractivity contribution in [2.45, 2.75) is 100 Å². The van der Waals surface area contributed by atoms with Gasteiger partial charge in [-0.25, -0.2) is 9.97 Å². The first kappa shape index (κ1) is 74.9. The van der Waals surface area contributed by atoms with E-state index in [1.54, 1.807) is 12.4 Å². The molecule has 0 unspecified atom stereocenters. The molecule has 0 fully saturated rings. The quantitative estimate of drug-likeness (QED) is 0.146. The van der Waals surface area contributed by atoms with Crippen LogP contribution in [0.25, 0.3) is 123 Å². The molecule has 14 aromatic rings. The summed E-state index contributed by atoms with van der Waals surface area (Å²) in [6.45, 7) is 58.2. The fraction of sp³-hybridized carbons (Fsp3) is 0.215. The van der Waals surface area contributed by atoms with Gasteiger partial charge in [0.15, 0.2) is 53.4 Å². The summed E-state index contributed by atoms with van der Waals surface area (Å²) in [5, 5.41) is 8.55. The van der Waals surface area contributed by atoms with Crippen molar-refractivity contribution in [1.82, 2.24) is 34.5 Å². The molecule has 114 heavy (non-hydrogen) atoms. The maximum atomic E-state index is 7.50. The number of nitrogens with zero attached hydrogens (tertiary/aromatic N) is 17. The number of hydrogen-bond donors (Lipinski definition) is 0. The Labute approximate surface area is 663 Å². The SMILES string of the molecule is [C-]#[N+]C1=CN(C)[C@H](C)N1c1c(C)ccc2c1oc1ccccc12.[C-]#[N+]C1=CN(C)[C@H](C)N1c1c(C)ccc2c1oc1ncccc12.[C-]#[N+]C1=CN(C)[C@H](C)N1c1c(C)cccc1-c1ccccc1.[C-]#[N+]C1=CN(C)[C@H](C)N1c1cc2oc3ccccc3c2cc1C.[C-]#[N+]C1=CN(C)[C@H](C)N1c1cc2oc3ncccc3c2cc1C. The normalized spacial score (nSPS) is 17.7. The predicted molar refractivity (Wildman–Crippen MR) is 458 cm³/mol. The Balaban J connectivity index is 0.000000112. The highest BCUT2D eigenvalue weighted by atomic mass is 16.3. The highest BCUT2D eigenvalue weighted by Gasteiger charge is 2.39. The van der Waals surface area contributed by atoms with Crippen molar-refractivity contribution in [2.75, 3.05) is 59.7 Å². The van der Waals surface area contributed by atoms with Gasteiger partial charge in [-0.3, -0.25) is 24.5 Å². The molecule has 0 N–H and O–H groups in total. The molecule has 11 heterocycles. The Kier molecular flexibility index (Phi) is 19.9. The molecule has 6 aromatic heterocycles. The third-order valence-corrected chi connectivity index (χ3v) is 22.4. The second-order valence-electron chi connectivity index (χ2n) is 29.3. The van der Waals surface area contributed by atoms with E-state index >= 15 is 0 Å².